The molecule has 0 atom stereocenters. The molecule has 0 saturated carbocycles. The molecule has 0 spiro atoms. The number of halogens is 1. The summed E-state index contributed by atoms with van der Waals surface area (Å²) in [5.74, 6) is 1.22. The first-order valence-electron chi connectivity index (χ1n) is 6.42. The van der Waals surface area contributed by atoms with Gasteiger partial charge in [-0.2, -0.15) is 0 Å². The van der Waals surface area contributed by atoms with Crippen LogP contribution in [0.1, 0.15) is 37.0 Å². The molecule has 5 heteroatoms. The fourth-order valence-corrected chi connectivity index (χ4v) is 2.29. The van der Waals surface area contributed by atoms with Gasteiger partial charge in [0, 0.05) is 12.1 Å². The SMILES string of the molecule is CCCNC(=O)c1cc(I)c(OCCC)c(OC)c1. The number of nitrogens with one attached hydrogen (secondary N) is 1. The molecular weight excluding hydrogens is 357 g/mol. The summed E-state index contributed by atoms with van der Waals surface area (Å²) >= 11 is 2.16. The number of carbonyl (C=O) groups is 1. The number of methoxy groups -OCH3 is 1. The van der Waals surface area contributed by atoms with Crippen molar-refractivity contribution in [2.45, 2.75) is 26.7 Å². The smallest absolute Gasteiger partial charge is 0.251 e. The van der Waals surface area contributed by atoms with Crippen molar-refractivity contribution in [1.29, 1.82) is 0 Å². The zero-order valence-electron chi connectivity index (χ0n) is 11.6. The molecule has 1 rings (SSSR count). The van der Waals surface area contributed by atoms with E-state index in [0.29, 0.717) is 30.2 Å². The van der Waals surface area contributed by atoms with E-state index < -0.39 is 0 Å². The van der Waals surface area contributed by atoms with Gasteiger partial charge in [0.15, 0.2) is 11.5 Å². The molecule has 1 aromatic rings. The highest BCUT2D eigenvalue weighted by Gasteiger charge is 2.15. The predicted octanol–water partition coefficient (Wildman–Crippen LogP) is 3.23. The lowest BCUT2D eigenvalue weighted by Gasteiger charge is -2.14. The Balaban J connectivity index is 2.98. The Bertz CT molecular complexity index is 435. The summed E-state index contributed by atoms with van der Waals surface area (Å²) < 4.78 is 11.8. The van der Waals surface area contributed by atoms with Gasteiger partial charge in [-0.3, -0.25) is 4.79 Å². The fraction of sp³-hybridized carbons (Fsp3) is 0.500. The van der Waals surface area contributed by atoms with E-state index in [1.165, 1.54) is 0 Å². The van der Waals surface area contributed by atoms with E-state index in [2.05, 4.69) is 27.9 Å². The Labute approximate surface area is 128 Å². The molecule has 0 fully saturated rings. The normalized spacial score (nSPS) is 10.1. The zero-order valence-corrected chi connectivity index (χ0v) is 13.7. The van der Waals surface area contributed by atoms with Crippen molar-refractivity contribution in [3.05, 3.63) is 21.3 Å². The summed E-state index contributed by atoms with van der Waals surface area (Å²) in [4.78, 5) is 11.9. The summed E-state index contributed by atoms with van der Waals surface area (Å²) in [7, 11) is 1.58. The molecule has 0 aromatic heterocycles. The summed E-state index contributed by atoms with van der Waals surface area (Å²) in [5, 5.41) is 2.85. The Morgan fingerprint density at radius 3 is 2.63 bits per heavy atom. The minimum absolute atomic E-state index is 0.0832. The quantitative estimate of drug-likeness (QED) is 0.743. The van der Waals surface area contributed by atoms with Crippen LogP contribution in [-0.4, -0.2) is 26.2 Å². The molecule has 1 amide bonds. The van der Waals surface area contributed by atoms with Gasteiger partial charge < -0.3 is 14.8 Å². The first-order valence-corrected chi connectivity index (χ1v) is 7.50. The van der Waals surface area contributed by atoms with Crippen LogP contribution in [0.4, 0.5) is 0 Å². The van der Waals surface area contributed by atoms with Crippen LogP contribution in [0.15, 0.2) is 12.1 Å². The molecular formula is C14H20INO3. The monoisotopic (exact) mass is 377 g/mol. The molecule has 0 radical (unpaired) electrons. The number of benzene rings is 1. The van der Waals surface area contributed by atoms with Crippen LogP contribution < -0.4 is 14.8 Å². The third-order valence-electron chi connectivity index (χ3n) is 2.48. The maximum atomic E-state index is 11.9. The van der Waals surface area contributed by atoms with Crippen molar-refractivity contribution < 1.29 is 14.3 Å². The van der Waals surface area contributed by atoms with Crippen molar-refractivity contribution >= 4 is 28.5 Å². The standard InChI is InChI=1S/C14H20INO3/c1-4-6-16-14(17)10-8-11(15)13(19-7-5-2)12(9-10)18-3/h8-9H,4-7H2,1-3H3,(H,16,17). The third kappa shape index (κ3) is 4.56. The molecule has 0 unspecified atom stereocenters. The van der Waals surface area contributed by atoms with E-state index in [9.17, 15) is 4.79 Å². The van der Waals surface area contributed by atoms with Crippen LogP contribution in [0.5, 0.6) is 11.5 Å². The van der Waals surface area contributed by atoms with E-state index in [4.69, 9.17) is 9.47 Å². The average Bonchev–Trinajstić information content (AvgIpc) is 2.42. The van der Waals surface area contributed by atoms with Crippen molar-refractivity contribution in [3.8, 4) is 11.5 Å². The molecule has 0 saturated heterocycles. The van der Waals surface area contributed by atoms with Crippen LogP contribution in [0, 0.1) is 3.57 Å². The van der Waals surface area contributed by atoms with E-state index in [-0.39, 0.29) is 5.91 Å². The molecule has 0 aliphatic heterocycles. The number of hydrogen-bond acceptors (Lipinski definition) is 3. The molecule has 0 aliphatic rings. The van der Waals surface area contributed by atoms with Crippen LogP contribution >= 0.6 is 22.6 Å². The van der Waals surface area contributed by atoms with Gasteiger partial charge in [-0.05, 0) is 47.6 Å². The molecule has 0 bridgehead atoms. The van der Waals surface area contributed by atoms with Crippen LogP contribution in [0.25, 0.3) is 0 Å². The number of amides is 1. The molecule has 1 N–H and O–H groups in total. The Kier molecular flexibility index (Phi) is 6.97. The van der Waals surface area contributed by atoms with E-state index >= 15 is 0 Å². The van der Waals surface area contributed by atoms with Crippen LogP contribution in [0.2, 0.25) is 0 Å². The van der Waals surface area contributed by atoms with E-state index in [0.717, 1.165) is 16.4 Å². The maximum absolute atomic E-state index is 11.9. The second-order valence-electron chi connectivity index (χ2n) is 4.09. The minimum atomic E-state index is -0.0832. The first kappa shape index (κ1) is 16.1. The number of carbonyl (C=O) groups excluding carboxylic acids is 1. The number of ether oxygens (including phenoxy) is 2. The highest BCUT2D eigenvalue weighted by molar-refractivity contribution is 14.1. The van der Waals surface area contributed by atoms with Crippen LogP contribution in [0.3, 0.4) is 0 Å². The summed E-state index contributed by atoms with van der Waals surface area (Å²) in [5.41, 5.74) is 0.596. The summed E-state index contributed by atoms with van der Waals surface area (Å²) in [6, 6.07) is 3.54. The molecule has 0 aliphatic carbocycles. The highest BCUT2D eigenvalue weighted by atomic mass is 127. The van der Waals surface area contributed by atoms with Crippen molar-refractivity contribution in [2.75, 3.05) is 20.3 Å². The van der Waals surface area contributed by atoms with E-state index in [1.54, 1.807) is 13.2 Å². The predicted molar refractivity (Wildman–Crippen MR) is 84.1 cm³/mol. The molecule has 106 valence electrons. The third-order valence-corrected chi connectivity index (χ3v) is 3.28. The van der Waals surface area contributed by atoms with Gasteiger partial charge in [-0.15, -0.1) is 0 Å². The average molecular weight is 377 g/mol. The lowest BCUT2D eigenvalue weighted by atomic mass is 10.2. The van der Waals surface area contributed by atoms with Gasteiger partial charge in [0.2, 0.25) is 0 Å². The zero-order chi connectivity index (χ0) is 14.3. The van der Waals surface area contributed by atoms with Gasteiger partial charge in [0.25, 0.3) is 5.91 Å². The van der Waals surface area contributed by atoms with Gasteiger partial charge in [-0.1, -0.05) is 13.8 Å². The Hall–Kier alpha value is -0.980. The molecule has 0 heterocycles. The van der Waals surface area contributed by atoms with Gasteiger partial charge in [-0.25, -0.2) is 0 Å². The lowest BCUT2D eigenvalue weighted by molar-refractivity contribution is 0.0953. The first-order chi connectivity index (χ1) is 9.13. The van der Waals surface area contributed by atoms with Gasteiger partial charge in [0.1, 0.15) is 0 Å². The Morgan fingerprint density at radius 2 is 2.05 bits per heavy atom. The summed E-state index contributed by atoms with van der Waals surface area (Å²) in [6.07, 6.45) is 1.84. The fourth-order valence-electron chi connectivity index (χ4n) is 1.54. The molecule has 1 aromatic carbocycles. The summed E-state index contributed by atoms with van der Waals surface area (Å²) in [6.45, 7) is 5.37. The van der Waals surface area contributed by atoms with Gasteiger partial charge >= 0.3 is 0 Å². The highest BCUT2D eigenvalue weighted by Crippen LogP contribution is 2.34. The van der Waals surface area contributed by atoms with E-state index in [1.807, 2.05) is 19.9 Å². The second-order valence-corrected chi connectivity index (χ2v) is 5.26. The largest absolute Gasteiger partial charge is 0.493 e. The van der Waals surface area contributed by atoms with Gasteiger partial charge in [0.05, 0.1) is 17.3 Å². The second kappa shape index (κ2) is 8.24. The topological polar surface area (TPSA) is 47.6 Å². The van der Waals surface area contributed by atoms with Crippen LogP contribution in [-0.2, 0) is 0 Å². The maximum Gasteiger partial charge on any atom is 0.251 e. The molecule has 4 nitrogen and oxygen atoms in total. The van der Waals surface area contributed by atoms with Crippen molar-refractivity contribution in [2.24, 2.45) is 0 Å². The number of hydrogen-bond donors (Lipinski definition) is 1. The Morgan fingerprint density at radius 1 is 1.32 bits per heavy atom. The number of rotatable bonds is 7. The van der Waals surface area contributed by atoms with Crippen molar-refractivity contribution in [3.63, 3.8) is 0 Å². The lowest BCUT2D eigenvalue weighted by Crippen LogP contribution is -2.24. The minimum Gasteiger partial charge on any atom is -0.493 e. The molecule has 19 heavy (non-hydrogen) atoms. The van der Waals surface area contributed by atoms with Crippen molar-refractivity contribution in [1.82, 2.24) is 5.32 Å².